The van der Waals surface area contributed by atoms with E-state index in [1.54, 1.807) is 12.1 Å². The number of halogens is 1. The van der Waals surface area contributed by atoms with Crippen molar-refractivity contribution >= 4 is 11.8 Å². The van der Waals surface area contributed by atoms with E-state index in [0.717, 1.165) is 18.4 Å². The molecule has 136 valence electrons. The molecule has 1 saturated carbocycles. The Morgan fingerprint density at radius 3 is 2.23 bits per heavy atom. The van der Waals surface area contributed by atoms with Gasteiger partial charge in [-0.05, 0) is 36.5 Å². The van der Waals surface area contributed by atoms with Crippen molar-refractivity contribution in [3.8, 4) is 0 Å². The molecule has 7 nitrogen and oxygen atoms in total. The predicted molar refractivity (Wildman–Crippen MR) is 92.6 cm³/mol. The molecule has 1 aliphatic rings. The molecular weight excluding hydrogens is 337 g/mol. The normalized spacial score (nSPS) is 14.5. The lowest BCUT2D eigenvalue weighted by Gasteiger charge is -2.12. The molecule has 0 radical (unpaired) electrons. The van der Waals surface area contributed by atoms with Crippen LogP contribution in [0.15, 0.2) is 36.7 Å². The van der Waals surface area contributed by atoms with E-state index in [4.69, 9.17) is 5.73 Å². The van der Waals surface area contributed by atoms with Crippen molar-refractivity contribution in [2.75, 3.05) is 6.54 Å². The smallest absolute Gasteiger partial charge is 0.272 e. The first kappa shape index (κ1) is 17.9. The SMILES string of the molecule is NC(CNC(=O)c1nccnc1C(=O)NCc1ccc(F)cc1)C1CC1. The number of nitrogens with one attached hydrogen (secondary N) is 2. The summed E-state index contributed by atoms with van der Waals surface area (Å²) in [6.07, 6.45) is 4.87. The summed E-state index contributed by atoms with van der Waals surface area (Å²) in [4.78, 5) is 32.7. The van der Waals surface area contributed by atoms with E-state index in [0.29, 0.717) is 12.5 Å². The molecule has 26 heavy (non-hydrogen) atoms. The van der Waals surface area contributed by atoms with Crippen molar-refractivity contribution in [3.63, 3.8) is 0 Å². The zero-order valence-electron chi connectivity index (χ0n) is 14.1. The summed E-state index contributed by atoms with van der Waals surface area (Å²) in [6, 6.07) is 5.67. The Morgan fingerprint density at radius 1 is 1.08 bits per heavy atom. The number of rotatable bonds is 7. The Balaban J connectivity index is 1.62. The van der Waals surface area contributed by atoms with Gasteiger partial charge in [-0.1, -0.05) is 12.1 Å². The summed E-state index contributed by atoms with van der Waals surface area (Å²) < 4.78 is 12.9. The lowest BCUT2D eigenvalue weighted by Crippen LogP contribution is -2.39. The third kappa shape index (κ3) is 4.60. The van der Waals surface area contributed by atoms with Crippen LogP contribution in [0.1, 0.15) is 39.4 Å². The maximum absolute atomic E-state index is 12.9. The fraction of sp³-hybridized carbons (Fsp3) is 0.333. The summed E-state index contributed by atoms with van der Waals surface area (Å²) in [6.45, 7) is 0.514. The van der Waals surface area contributed by atoms with E-state index in [-0.39, 0.29) is 29.8 Å². The largest absolute Gasteiger partial charge is 0.349 e. The summed E-state index contributed by atoms with van der Waals surface area (Å²) in [7, 11) is 0. The lowest BCUT2D eigenvalue weighted by atomic mass is 10.2. The van der Waals surface area contributed by atoms with Crippen molar-refractivity contribution in [3.05, 3.63) is 59.4 Å². The minimum absolute atomic E-state index is 0.0490. The number of hydrogen-bond acceptors (Lipinski definition) is 5. The van der Waals surface area contributed by atoms with Gasteiger partial charge in [-0.25, -0.2) is 14.4 Å². The number of carbonyl (C=O) groups excluding carboxylic acids is 2. The first-order valence-electron chi connectivity index (χ1n) is 8.42. The van der Waals surface area contributed by atoms with E-state index in [2.05, 4.69) is 20.6 Å². The van der Waals surface area contributed by atoms with Gasteiger partial charge in [0.2, 0.25) is 0 Å². The van der Waals surface area contributed by atoms with E-state index in [1.807, 2.05) is 0 Å². The number of aromatic nitrogens is 2. The first-order chi connectivity index (χ1) is 12.5. The molecule has 2 aromatic rings. The molecule has 1 aromatic heterocycles. The molecule has 1 fully saturated rings. The van der Waals surface area contributed by atoms with Crippen molar-refractivity contribution in [2.45, 2.75) is 25.4 Å². The van der Waals surface area contributed by atoms with Gasteiger partial charge in [0, 0.05) is 31.5 Å². The van der Waals surface area contributed by atoms with Crippen LogP contribution in [-0.4, -0.2) is 34.4 Å². The van der Waals surface area contributed by atoms with E-state index in [9.17, 15) is 14.0 Å². The second-order valence-electron chi connectivity index (χ2n) is 6.27. The maximum Gasteiger partial charge on any atom is 0.272 e. The lowest BCUT2D eigenvalue weighted by molar-refractivity contribution is 0.0908. The van der Waals surface area contributed by atoms with Gasteiger partial charge >= 0.3 is 0 Å². The van der Waals surface area contributed by atoms with E-state index in [1.165, 1.54) is 24.5 Å². The highest BCUT2D eigenvalue weighted by Crippen LogP contribution is 2.31. The van der Waals surface area contributed by atoms with Crippen LogP contribution in [0.4, 0.5) is 4.39 Å². The molecule has 2 amide bonds. The van der Waals surface area contributed by atoms with E-state index < -0.39 is 11.8 Å². The molecule has 1 aromatic carbocycles. The molecule has 4 N–H and O–H groups in total. The minimum atomic E-state index is -0.529. The third-order valence-electron chi connectivity index (χ3n) is 4.22. The average Bonchev–Trinajstić information content (AvgIpc) is 3.50. The van der Waals surface area contributed by atoms with Gasteiger partial charge in [-0.3, -0.25) is 9.59 Å². The third-order valence-corrected chi connectivity index (χ3v) is 4.22. The topological polar surface area (TPSA) is 110 Å². The molecule has 1 unspecified atom stereocenters. The molecule has 0 bridgehead atoms. The standard InChI is InChI=1S/C18H20FN5O2/c19-13-5-1-11(2-6-13)9-23-17(25)15-16(22-8-7-21-15)18(26)24-10-14(20)12-3-4-12/h1-2,5-8,12,14H,3-4,9-10,20H2,(H,23,25)(H,24,26). The van der Waals surface area contributed by atoms with Crippen LogP contribution >= 0.6 is 0 Å². The number of carbonyl (C=O) groups is 2. The molecule has 0 spiro atoms. The highest BCUT2D eigenvalue weighted by atomic mass is 19.1. The zero-order chi connectivity index (χ0) is 18.5. The average molecular weight is 357 g/mol. The van der Waals surface area contributed by atoms with Crippen molar-refractivity contribution in [1.29, 1.82) is 0 Å². The molecule has 1 heterocycles. The van der Waals surface area contributed by atoms with Crippen LogP contribution in [0.2, 0.25) is 0 Å². The molecule has 0 aliphatic heterocycles. The van der Waals surface area contributed by atoms with Crippen molar-refractivity contribution in [2.24, 2.45) is 11.7 Å². The number of amides is 2. The second kappa shape index (κ2) is 8.01. The summed E-state index contributed by atoms with van der Waals surface area (Å²) in [5.41, 5.74) is 6.58. The zero-order valence-corrected chi connectivity index (χ0v) is 14.1. The van der Waals surface area contributed by atoms with Crippen LogP contribution < -0.4 is 16.4 Å². The van der Waals surface area contributed by atoms with Crippen molar-refractivity contribution in [1.82, 2.24) is 20.6 Å². The van der Waals surface area contributed by atoms with Gasteiger partial charge in [0.05, 0.1) is 0 Å². The van der Waals surface area contributed by atoms with Crippen molar-refractivity contribution < 1.29 is 14.0 Å². The fourth-order valence-corrected chi connectivity index (χ4v) is 2.52. The van der Waals surface area contributed by atoms with Crippen LogP contribution in [0.3, 0.4) is 0 Å². The Labute approximate surface area is 150 Å². The van der Waals surface area contributed by atoms with Gasteiger partial charge in [-0.2, -0.15) is 0 Å². The van der Waals surface area contributed by atoms with Crippen LogP contribution in [-0.2, 0) is 6.54 Å². The molecule has 3 rings (SSSR count). The van der Waals surface area contributed by atoms with Crippen LogP contribution in [0, 0.1) is 11.7 Å². The van der Waals surface area contributed by atoms with Gasteiger partial charge in [0.1, 0.15) is 5.82 Å². The molecule has 1 aliphatic carbocycles. The van der Waals surface area contributed by atoms with Gasteiger partial charge in [0.15, 0.2) is 11.4 Å². The predicted octanol–water partition coefficient (Wildman–Crippen LogP) is 1.01. The summed E-state index contributed by atoms with van der Waals surface area (Å²) in [5, 5.41) is 5.36. The number of hydrogen-bond donors (Lipinski definition) is 3. The second-order valence-corrected chi connectivity index (χ2v) is 6.27. The van der Waals surface area contributed by atoms with E-state index >= 15 is 0 Å². The minimum Gasteiger partial charge on any atom is -0.349 e. The van der Waals surface area contributed by atoms with Crippen LogP contribution in [0.5, 0.6) is 0 Å². The molecule has 0 saturated heterocycles. The number of nitrogens with two attached hydrogens (primary N) is 1. The molecule has 1 atom stereocenters. The van der Waals surface area contributed by atoms with Crippen LogP contribution in [0.25, 0.3) is 0 Å². The van der Waals surface area contributed by atoms with Gasteiger partial charge in [-0.15, -0.1) is 0 Å². The summed E-state index contributed by atoms with van der Waals surface area (Å²) in [5.74, 6) is -0.909. The first-order valence-corrected chi connectivity index (χ1v) is 8.42. The highest BCUT2D eigenvalue weighted by molar-refractivity contribution is 6.04. The number of benzene rings is 1. The quantitative estimate of drug-likeness (QED) is 0.685. The Bertz CT molecular complexity index is 792. The fourth-order valence-electron chi connectivity index (χ4n) is 2.52. The molecule has 8 heteroatoms. The van der Waals surface area contributed by atoms with Gasteiger partial charge in [0.25, 0.3) is 11.8 Å². The molecular formula is C18H20FN5O2. The van der Waals surface area contributed by atoms with Gasteiger partial charge < -0.3 is 16.4 Å². The number of nitrogens with zero attached hydrogens (tertiary/aromatic N) is 2. The Hall–Kier alpha value is -2.87. The highest BCUT2D eigenvalue weighted by Gasteiger charge is 2.29. The maximum atomic E-state index is 12.9. The Morgan fingerprint density at radius 2 is 1.65 bits per heavy atom. The Kier molecular flexibility index (Phi) is 5.52. The summed E-state index contributed by atoms with van der Waals surface area (Å²) >= 11 is 0. The monoisotopic (exact) mass is 357 g/mol.